The van der Waals surface area contributed by atoms with E-state index in [0.29, 0.717) is 17.0 Å². The van der Waals surface area contributed by atoms with E-state index in [1.165, 1.54) is 0 Å². The van der Waals surface area contributed by atoms with Crippen molar-refractivity contribution in [2.75, 3.05) is 0 Å². The molecule has 0 unspecified atom stereocenters. The number of allylic oxidation sites excluding steroid dienone is 4. The molecule has 0 aliphatic rings. The molecule has 0 aromatic heterocycles. The molecule has 3 heteroatoms. The third-order valence-corrected chi connectivity index (χ3v) is 4.10. The third-order valence-electron chi connectivity index (χ3n) is 3.85. The van der Waals surface area contributed by atoms with Crippen molar-refractivity contribution in [2.45, 2.75) is 19.8 Å². The van der Waals surface area contributed by atoms with Gasteiger partial charge >= 0.3 is 0 Å². The highest BCUT2D eigenvalue weighted by Crippen LogP contribution is 2.32. The highest BCUT2D eigenvalue weighted by molar-refractivity contribution is 6.30. The zero-order valence-corrected chi connectivity index (χ0v) is 14.3. The quantitative estimate of drug-likeness (QED) is 0.479. The number of rotatable bonds is 6. The summed E-state index contributed by atoms with van der Waals surface area (Å²) >= 11 is 5.94. The molecule has 0 bridgehead atoms. The van der Waals surface area contributed by atoms with Gasteiger partial charge in [-0.3, -0.25) is 0 Å². The number of halogens is 3. The zero-order chi connectivity index (χ0) is 17.5. The molecule has 0 fully saturated rings. The Bertz CT molecular complexity index is 752. The van der Waals surface area contributed by atoms with Gasteiger partial charge in [0.25, 0.3) is 6.08 Å². The Morgan fingerprint density at radius 3 is 2.08 bits per heavy atom. The molecular formula is C21H19ClF2. The molecular weight excluding hydrogens is 326 g/mol. The van der Waals surface area contributed by atoms with Gasteiger partial charge in [0.15, 0.2) is 0 Å². The van der Waals surface area contributed by atoms with Crippen molar-refractivity contribution in [3.05, 3.63) is 95.1 Å². The molecule has 0 N–H and O–H groups in total. The second-order valence-electron chi connectivity index (χ2n) is 5.54. The molecule has 0 spiro atoms. The van der Waals surface area contributed by atoms with Gasteiger partial charge in [-0.05, 0) is 48.6 Å². The van der Waals surface area contributed by atoms with E-state index in [9.17, 15) is 8.78 Å². The van der Waals surface area contributed by atoms with Gasteiger partial charge in [-0.1, -0.05) is 65.7 Å². The Kier molecular flexibility index (Phi) is 6.51. The molecule has 0 heterocycles. The minimum Gasteiger partial charge on any atom is -0.173 e. The number of benzene rings is 2. The smallest absolute Gasteiger partial charge is 0.173 e. The summed E-state index contributed by atoms with van der Waals surface area (Å²) in [6, 6.07) is 16.2. The average molecular weight is 345 g/mol. The molecule has 0 aliphatic heterocycles. The first-order valence-corrected chi connectivity index (χ1v) is 8.05. The van der Waals surface area contributed by atoms with Crippen LogP contribution in [0, 0.1) is 0 Å². The number of hydrogen-bond acceptors (Lipinski definition) is 0. The largest absolute Gasteiger partial charge is 0.274 e. The predicted molar refractivity (Wildman–Crippen MR) is 99.1 cm³/mol. The van der Waals surface area contributed by atoms with E-state index in [4.69, 9.17) is 11.6 Å². The lowest BCUT2D eigenvalue weighted by Crippen LogP contribution is -1.93. The number of hydrogen-bond donors (Lipinski definition) is 0. The first kappa shape index (κ1) is 18.2. The summed E-state index contributed by atoms with van der Waals surface area (Å²) in [4.78, 5) is 0. The maximum atomic E-state index is 13.5. The summed E-state index contributed by atoms with van der Waals surface area (Å²) in [7, 11) is 0. The SMILES string of the molecule is C=CC/C(=C(/C)CC(=C(F)F)c1ccccc1)c1ccc(Cl)cc1. The Morgan fingerprint density at radius 1 is 0.958 bits per heavy atom. The Hall–Kier alpha value is -2.19. The van der Waals surface area contributed by atoms with E-state index in [-0.39, 0.29) is 12.0 Å². The van der Waals surface area contributed by atoms with Crippen molar-refractivity contribution in [2.24, 2.45) is 0 Å². The molecule has 0 nitrogen and oxygen atoms in total. The van der Waals surface area contributed by atoms with Crippen LogP contribution >= 0.6 is 11.6 Å². The molecule has 0 saturated carbocycles. The zero-order valence-electron chi connectivity index (χ0n) is 13.5. The van der Waals surface area contributed by atoms with Crippen LogP contribution in [0.2, 0.25) is 5.02 Å². The van der Waals surface area contributed by atoms with E-state index in [0.717, 1.165) is 16.7 Å². The van der Waals surface area contributed by atoms with Crippen LogP contribution in [-0.4, -0.2) is 0 Å². The minimum absolute atomic E-state index is 0.0589. The van der Waals surface area contributed by atoms with Crippen LogP contribution in [0.5, 0.6) is 0 Å². The highest BCUT2D eigenvalue weighted by Gasteiger charge is 2.13. The van der Waals surface area contributed by atoms with E-state index in [2.05, 4.69) is 6.58 Å². The second-order valence-corrected chi connectivity index (χ2v) is 5.98. The lowest BCUT2D eigenvalue weighted by Gasteiger charge is -2.14. The third kappa shape index (κ3) is 4.65. The maximum Gasteiger partial charge on any atom is 0.274 e. The molecule has 24 heavy (non-hydrogen) atoms. The van der Waals surface area contributed by atoms with Crippen molar-refractivity contribution in [3.8, 4) is 0 Å². The van der Waals surface area contributed by atoms with Crippen molar-refractivity contribution >= 4 is 22.7 Å². The summed E-state index contributed by atoms with van der Waals surface area (Å²) in [5.41, 5.74) is 3.47. The molecule has 2 aromatic rings. The van der Waals surface area contributed by atoms with Gasteiger partial charge in [-0.15, -0.1) is 6.58 Å². The summed E-state index contributed by atoms with van der Waals surface area (Å²) in [5, 5.41) is 0.647. The first-order chi connectivity index (χ1) is 11.5. The molecule has 0 aliphatic carbocycles. The van der Waals surface area contributed by atoms with Crippen LogP contribution in [-0.2, 0) is 0 Å². The molecule has 124 valence electrons. The summed E-state index contributed by atoms with van der Waals surface area (Å²) in [5.74, 6) is 0. The van der Waals surface area contributed by atoms with Crippen molar-refractivity contribution in [1.29, 1.82) is 0 Å². The van der Waals surface area contributed by atoms with Gasteiger partial charge in [-0.25, -0.2) is 0 Å². The molecule has 0 amide bonds. The Labute approximate surface area is 146 Å². The predicted octanol–water partition coefficient (Wildman–Crippen LogP) is 7.39. The van der Waals surface area contributed by atoms with Crippen LogP contribution in [0.1, 0.15) is 30.9 Å². The highest BCUT2D eigenvalue weighted by atomic mass is 35.5. The van der Waals surface area contributed by atoms with Crippen molar-refractivity contribution < 1.29 is 8.78 Å². The van der Waals surface area contributed by atoms with Crippen LogP contribution < -0.4 is 0 Å². The average Bonchev–Trinajstić information content (AvgIpc) is 2.59. The van der Waals surface area contributed by atoms with E-state index in [1.807, 2.05) is 25.1 Å². The van der Waals surface area contributed by atoms with Gasteiger partial charge in [0.1, 0.15) is 0 Å². The molecule has 2 rings (SSSR count). The fourth-order valence-corrected chi connectivity index (χ4v) is 2.75. The maximum absolute atomic E-state index is 13.5. The van der Waals surface area contributed by atoms with Crippen molar-refractivity contribution in [1.82, 2.24) is 0 Å². The Balaban J connectivity index is 2.42. The van der Waals surface area contributed by atoms with Crippen LogP contribution in [0.25, 0.3) is 11.1 Å². The van der Waals surface area contributed by atoms with Gasteiger partial charge < -0.3 is 0 Å². The lowest BCUT2D eigenvalue weighted by molar-refractivity contribution is 0.424. The molecule has 0 saturated heterocycles. The fraction of sp³-hybridized carbons (Fsp3) is 0.143. The Morgan fingerprint density at radius 2 is 1.54 bits per heavy atom. The van der Waals surface area contributed by atoms with Gasteiger partial charge in [0.05, 0.1) is 0 Å². The van der Waals surface area contributed by atoms with Crippen molar-refractivity contribution in [3.63, 3.8) is 0 Å². The summed E-state index contributed by atoms with van der Waals surface area (Å²) < 4.78 is 26.9. The first-order valence-electron chi connectivity index (χ1n) is 7.68. The van der Waals surface area contributed by atoms with Gasteiger partial charge in [-0.2, -0.15) is 8.78 Å². The molecule has 0 radical (unpaired) electrons. The van der Waals surface area contributed by atoms with Crippen LogP contribution in [0.4, 0.5) is 8.78 Å². The van der Waals surface area contributed by atoms with Crippen LogP contribution in [0.3, 0.4) is 0 Å². The second kappa shape index (κ2) is 8.60. The summed E-state index contributed by atoms with van der Waals surface area (Å²) in [6.07, 6.45) is 0.946. The molecule has 0 atom stereocenters. The molecule has 2 aromatic carbocycles. The van der Waals surface area contributed by atoms with Gasteiger partial charge in [0, 0.05) is 10.6 Å². The normalized spacial score (nSPS) is 11.7. The summed E-state index contributed by atoms with van der Waals surface area (Å²) in [6.45, 7) is 5.67. The standard InChI is InChI=1S/C21H19ClF2/c1-3-7-19(17-10-12-18(22)13-11-17)15(2)14-20(21(23)24)16-8-5-4-6-9-16/h3-6,8-13H,1,7,14H2,2H3/b19-15+. The fourth-order valence-electron chi connectivity index (χ4n) is 2.62. The minimum atomic E-state index is -1.64. The van der Waals surface area contributed by atoms with E-state index >= 15 is 0 Å². The lowest BCUT2D eigenvalue weighted by atomic mass is 9.92. The topological polar surface area (TPSA) is 0 Å². The van der Waals surface area contributed by atoms with E-state index < -0.39 is 6.08 Å². The monoisotopic (exact) mass is 344 g/mol. The van der Waals surface area contributed by atoms with E-state index in [1.54, 1.807) is 42.5 Å². The van der Waals surface area contributed by atoms with Gasteiger partial charge in [0.2, 0.25) is 0 Å². The van der Waals surface area contributed by atoms with Crippen LogP contribution in [0.15, 0.2) is 78.9 Å².